The van der Waals surface area contributed by atoms with E-state index >= 15 is 0 Å². The van der Waals surface area contributed by atoms with E-state index in [2.05, 4.69) is 18.2 Å². The molecule has 3 heteroatoms. The van der Waals surface area contributed by atoms with Gasteiger partial charge in [-0.2, -0.15) is 5.26 Å². The molecule has 0 amide bonds. The Kier molecular flexibility index (Phi) is 2.84. The first-order valence-electron chi connectivity index (χ1n) is 6.45. The molecular weight excluding hydrogens is 246 g/mol. The van der Waals surface area contributed by atoms with Gasteiger partial charge in [0.1, 0.15) is 0 Å². The number of hydrogen-bond donors (Lipinski definition) is 0. The van der Waals surface area contributed by atoms with Crippen LogP contribution in [0, 0.1) is 16.7 Å². The SMILES string of the molecule is N#CCC12CCC(c3ccc(Cl)cc3)(CC1)OC2. The molecule has 1 aliphatic carbocycles. The quantitative estimate of drug-likeness (QED) is 0.805. The van der Waals surface area contributed by atoms with Crippen molar-refractivity contribution in [3.8, 4) is 6.07 Å². The van der Waals surface area contributed by atoms with Gasteiger partial charge in [0, 0.05) is 16.9 Å². The van der Waals surface area contributed by atoms with Crippen molar-refractivity contribution in [1.29, 1.82) is 5.26 Å². The molecule has 0 N–H and O–H groups in total. The van der Waals surface area contributed by atoms with Gasteiger partial charge in [0.15, 0.2) is 0 Å². The third-order valence-electron chi connectivity index (χ3n) is 4.60. The van der Waals surface area contributed by atoms with Gasteiger partial charge in [-0.3, -0.25) is 0 Å². The van der Waals surface area contributed by atoms with Crippen LogP contribution in [-0.4, -0.2) is 6.61 Å². The second-order valence-electron chi connectivity index (χ2n) is 5.62. The standard InChI is InChI=1S/C15H16ClNO/c16-13-3-1-12(2-4-13)15-7-5-14(6-8-15,9-10-17)11-18-15/h1-4H,5-9,11H2. The lowest BCUT2D eigenvalue weighted by atomic mass is 9.63. The zero-order valence-electron chi connectivity index (χ0n) is 10.3. The van der Waals surface area contributed by atoms with E-state index in [4.69, 9.17) is 21.6 Å². The fourth-order valence-corrected chi connectivity index (χ4v) is 3.41. The summed E-state index contributed by atoms with van der Waals surface area (Å²) in [6.07, 6.45) is 4.88. The normalized spacial score (nSPS) is 34.2. The minimum Gasteiger partial charge on any atom is -0.370 e. The molecule has 1 aromatic carbocycles. The van der Waals surface area contributed by atoms with E-state index in [1.54, 1.807) is 0 Å². The second-order valence-corrected chi connectivity index (χ2v) is 6.06. The molecule has 2 nitrogen and oxygen atoms in total. The number of fused-ring (bicyclic) bond motifs is 3. The molecule has 0 unspecified atom stereocenters. The van der Waals surface area contributed by atoms with Crippen LogP contribution in [0.2, 0.25) is 5.02 Å². The highest BCUT2D eigenvalue weighted by Crippen LogP contribution is 2.54. The Morgan fingerprint density at radius 2 is 1.83 bits per heavy atom. The molecule has 0 radical (unpaired) electrons. The predicted octanol–water partition coefficient (Wildman–Crippen LogP) is 4.04. The lowest BCUT2D eigenvalue weighted by Crippen LogP contribution is -2.49. The summed E-state index contributed by atoms with van der Waals surface area (Å²) in [5.74, 6) is 0. The summed E-state index contributed by atoms with van der Waals surface area (Å²) >= 11 is 5.94. The van der Waals surface area contributed by atoms with Crippen LogP contribution in [0.5, 0.6) is 0 Å². The Labute approximate surface area is 113 Å². The third-order valence-corrected chi connectivity index (χ3v) is 4.85. The number of nitriles is 1. The molecular formula is C15H16ClNO. The van der Waals surface area contributed by atoms with E-state index < -0.39 is 0 Å². The van der Waals surface area contributed by atoms with Crippen LogP contribution >= 0.6 is 11.6 Å². The molecule has 3 aliphatic rings. The maximum Gasteiger partial charge on any atom is 0.0932 e. The number of halogens is 1. The Balaban J connectivity index is 1.84. The molecule has 0 atom stereocenters. The molecule has 1 aromatic rings. The first kappa shape index (κ1) is 12.0. The van der Waals surface area contributed by atoms with Crippen LogP contribution in [0.25, 0.3) is 0 Å². The van der Waals surface area contributed by atoms with Gasteiger partial charge in [-0.05, 0) is 43.4 Å². The van der Waals surface area contributed by atoms with E-state index in [1.165, 1.54) is 5.56 Å². The van der Waals surface area contributed by atoms with Gasteiger partial charge in [0.25, 0.3) is 0 Å². The summed E-state index contributed by atoms with van der Waals surface area (Å²) in [5.41, 5.74) is 1.24. The number of nitrogens with zero attached hydrogens (tertiary/aromatic N) is 1. The van der Waals surface area contributed by atoms with Crippen LogP contribution in [0.3, 0.4) is 0 Å². The van der Waals surface area contributed by atoms with Gasteiger partial charge in [0.2, 0.25) is 0 Å². The molecule has 2 saturated heterocycles. The van der Waals surface area contributed by atoms with Gasteiger partial charge in [-0.25, -0.2) is 0 Å². The summed E-state index contributed by atoms with van der Waals surface area (Å²) in [6, 6.07) is 10.3. The van der Waals surface area contributed by atoms with Crippen molar-refractivity contribution in [2.75, 3.05) is 6.61 Å². The van der Waals surface area contributed by atoms with E-state index in [1.807, 2.05) is 12.1 Å². The fourth-order valence-electron chi connectivity index (χ4n) is 3.29. The minimum absolute atomic E-state index is 0.123. The summed E-state index contributed by atoms with van der Waals surface area (Å²) in [5, 5.41) is 9.69. The van der Waals surface area contributed by atoms with Crippen LogP contribution in [0.1, 0.15) is 37.7 Å². The van der Waals surface area contributed by atoms with Gasteiger partial charge in [0.05, 0.1) is 18.3 Å². The molecule has 94 valence electrons. The number of ether oxygens (including phenoxy) is 1. The maximum absolute atomic E-state index is 8.92. The largest absolute Gasteiger partial charge is 0.370 e. The number of rotatable bonds is 2. The van der Waals surface area contributed by atoms with Crippen LogP contribution in [0.4, 0.5) is 0 Å². The number of benzene rings is 1. The van der Waals surface area contributed by atoms with Gasteiger partial charge < -0.3 is 4.74 Å². The Hall–Kier alpha value is -1.04. The summed E-state index contributed by atoms with van der Waals surface area (Å²) in [7, 11) is 0. The molecule has 2 heterocycles. The average molecular weight is 262 g/mol. The number of hydrogen-bond acceptors (Lipinski definition) is 2. The molecule has 3 fully saturated rings. The van der Waals surface area contributed by atoms with Crippen molar-refractivity contribution in [2.24, 2.45) is 5.41 Å². The van der Waals surface area contributed by atoms with Gasteiger partial charge >= 0.3 is 0 Å². The van der Waals surface area contributed by atoms with Crippen LogP contribution in [0.15, 0.2) is 24.3 Å². The lowest BCUT2D eigenvalue weighted by Gasteiger charge is -2.52. The smallest absolute Gasteiger partial charge is 0.0932 e. The zero-order valence-corrected chi connectivity index (χ0v) is 11.0. The van der Waals surface area contributed by atoms with E-state index in [-0.39, 0.29) is 11.0 Å². The molecule has 0 spiro atoms. The van der Waals surface area contributed by atoms with Crippen molar-refractivity contribution in [2.45, 2.75) is 37.7 Å². The topological polar surface area (TPSA) is 33.0 Å². The Bertz CT molecular complexity index is 464. The van der Waals surface area contributed by atoms with Crippen molar-refractivity contribution >= 4 is 11.6 Å². The fraction of sp³-hybridized carbons (Fsp3) is 0.533. The van der Waals surface area contributed by atoms with Crippen LogP contribution in [-0.2, 0) is 10.3 Å². The summed E-state index contributed by atoms with van der Waals surface area (Å²) in [6.45, 7) is 0.725. The zero-order chi connectivity index (χ0) is 12.6. The van der Waals surface area contributed by atoms with E-state index in [0.29, 0.717) is 6.42 Å². The molecule has 2 aliphatic heterocycles. The third kappa shape index (κ3) is 1.83. The highest BCUT2D eigenvalue weighted by Gasteiger charge is 2.50. The van der Waals surface area contributed by atoms with Crippen molar-refractivity contribution in [1.82, 2.24) is 0 Å². The summed E-state index contributed by atoms with van der Waals surface area (Å²) in [4.78, 5) is 0. The van der Waals surface area contributed by atoms with Crippen molar-refractivity contribution in [3.05, 3.63) is 34.9 Å². The Morgan fingerprint density at radius 3 is 2.33 bits per heavy atom. The molecule has 2 bridgehead atoms. The Morgan fingerprint density at radius 1 is 1.17 bits per heavy atom. The van der Waals surface area contributed by atoms with Crippen molar-refractivity contribution < 1.29 is 4.74 Å². The predicted molar refractivity (Wildman–Crippen MR) is 70.2 cm³/mol. The summed E-state index contributed by atoms with van der Waals surface area (Å²) < 4.78 is 6.15. The first-order valence-corrected chi connectivity index (χ1v) is 6.83. The second kappa shape index (κ2) is 4.26. The molecule has 1 saturated carbocycles. The monoisotopic (exact) mass is 261 g/mol. The average Bonchev–Trinajstić information content (AvgIpc) is 2.42. The van der Waals surface area contributed by atoms with Gasteiger partial charge in [-0.1, -0.05) is 23.7 Å². The van der Waals surface area contributed by atoms with E-state index in [9.17, 15) is 0 Å². The van der Waals surface area contributed by atoms with Gasteiger partial charge in [-0.15, -0.1) is 0 Å². The first-order chi connectivity index (χ1) is 8.68. The highest BCUT2D eigenvalue weighted by molar-refractivity contribution is 6.30. The lowest BCUT2D eigenvalue weighted by molar-refractivity contribution is -0.187. The van der Waals surface area contributed by atoms with E-state index in [0.717, 1.165) is 37.3 Å². The van der Waals surface area contributed by atoms with Crippen molar-refractivity contribution in [3.63, 3.8) is 0 Å². The molecule has 18 heavy (non-hydrogen) atoms. The minimum atomic E-state index is -0.123. The highest BCUT2D eigenvalue weighted by atomic mass is 35.5. The van der Waals surface area contributed by atoms with Crippen LogP contribution < -0.4 is 0 Å². The maximum atomic E-state index is 8.92. The molecule has 0 aromatic heterocycles. The molecule has 4 rings (SSSR count).